The van der Waals surface area contributed by atoms with E-state index in [1.54, 1.807) is 12.1 Å². The quantitative estimate of drug-likeness (QED) is 0.201. The lowest BCUT2D eigenvalue weighted by molar-refractivity contribution is -0.146. The Balaban J connectivity index is 1.61. The van der Waals surface area contributed by atoms with Gasteiger partial charge in [0, 0.05) is 25.1 Å². The number of halogens is 3. The van der Waals surface area contributed by atoms with Gasteiger partial charge in [0.05, 0.1) is 24.3 Å². The van der Waals surface area contributed by atoms with E-state index in [-0.39, 0.29) is 49.2 Å². The molecule has 2 amide bonds. The first-order chi connectivity index (χ1) is 19.6. The fraction of sp³-hybridized carbons (Fsp3) is 0.357. The molecule has 0 unspecified atom stereocenters. The number of benzene rings is 2. The van der Waals surface area contributed by atoms with Crippen LogP contribution in [0.3, 0.4) is 0 Å². The summed E-state index contributed by atoms with van der Waals surface area (Å²) in [4.78, 5) is 42.7. The molecule has 3 rings (SSSR count). The van der Waals surface area contributed by atoms with Crippen molar-refractivity contribution in [2.45, 2.75) is 37.8 Å². The summed E-state index contributed by atoms with van der Waals surface area (Å²) in [6.07, 6.45) is 1.43. The third-order valence-electron chi connectivity index (χ3n) is 6.33. The Morgan fingerprint density at radius 3 is 2.68 bits per heavy atom. The van der Waals surface area contributed by atoms with Gasteiger partial charge in [-0.25, -0.2) is 18.6 Å². The molecular formula is C28H31ClF2N4O6. The zero-order valence-corrected chi connectivity index (χ0v) is 23.1. The number of aromatic nitrogens is 1. The molecule has 0 fully saturated rings. The lowest BCUT2D eigenvalue weighted by Gasteiger charge is -2.28. The smallest absolute Gasteiger partial charge is 0.412 e. The van der Waals surface area contributed by atoms with Crippen molar-refractivity contribution in [1.82, 2.24) is 9.88 Å². The third-order valence-corrected chi connectivity index (χ3v) is 6.75. The molecule has 0 bridgehead atoms. The molecule has 0 radical (unpaired) electrons. The van der Waals surface area contributed by atoms with Gasteiger partial charge in [0.2, 0.25) is 5.91 Å². The Hall–Kier alpha value is -3.87. The number of nitrogens with zero attached hydrogens (tertiary/aromatic N) is 2. The van der Waals surface area contributed by atoms with Gasteiger partial charge in [0.15, 0.2) is 0 Å². The number of anilines is 1. The van der Waals surface area contributed by atoms with E-state index in [1.165, 1.54) is 48.5 Å². The number of aliphatic hydroxyl groups is 1. The van der Waals surface area contributed by atoms with E-state index in [4.69, 9.17) is 31.9 Å². The fourth-order valence-corrected chi connectivity index (χ4v) is 4.14. The molecule has 0 saturated carbocycles. The summed E-state index contributed by atoms with van der Waals surface area (Å²) in [6.45, 7) is -0.799. The molecule has 10 nitrogen and oxygen atoms in total. The van der Waals surface area contributed by atoms with Crippen LogP contribution in [0, 0.1) is 11.6 Å². The lowest BCUT2D eigenvalue weighted by atomic mass is 10.1. The van der Waals surface area contributed by atoms with Gasteiger partial charge < -0.3 is 25.2 Å². The van der Waals surface area contributed by atoms with E-state index >= 15 is 0 Å². The van der Waals surface area contributed by atoms with Crippen molar-refractivity contribution in [2.24, 2.45) is 5.73 Å². The lowest BCUT2D eigenvalue weighted by Crippen LogP contribution is -2.41. The van der Waals surface area contributed by atoms with Gasteiger partial charge in [-0.05, 0) is 60.5 Å². The zero-order valence-electron chi connectivity index (χ0n) is 22.3. The average molecular weight is 593 g/mol. The SMILES string of the molecule is CN(C(=O)CCc1cccc(F)c1Cl)[C@@H](CCCOC(=O)[C@@H](N)CO)COC(=O)Nc1cc2cc(F)ccc2cn1. The number of aliphatic hydroxyl groups excluding tert-OH is 1. The Kier molecular flexibility index (Phi) is 11.7. The molecule has 1 aromatic heterocycles. The number of nitrogens with two attached hydrogens (primary N) is 1. The molecular weight excluding hydrogens is 562 g/mol. The second-order valence-electron chi connectivity index (χ2n) is 9.25. The van der Waals surface area contributed by atoms with Crippen LogP contribution < -0.4 is 11.1 Å². The summed E-state index contributed by atoms with van der Waals surface area (Å²) >= 11 is 6.00. The summed E-state index contributed by atoms with van der Waals surface area (Å²) in [7, 11) is 1.54. The van der Waals surface area contributed by atoms with Gasteiger partial charge in [0.1, 0.15) is 30.1 Å². The van der Waals surface area contributed by atoms with E-state index in [0.29, 0.717) is 22.8 Å². The Labute approximate surface area is 240 Å². The summed E-state index contributed by atoms with van der Waals surface area (Å²) in [5, 5.41) is 12.6. The van der Waals surface area contributed by atoms with Crippen molar-refractivity contribution in [3.63, 3.8) is 0 Å². The molecule has 220 valence electrons. The summed E-state index contributed by atoms with van der Waals surface area (Å²) in [6, 6.07) is 8.26. The highest BCUT2D eigenvalue weighted by atomic mass is 35.5. The minimum absolute atomic E-state index is 0.0142. The number of hydrogen-bond donors (Lipinski definition) is 3. The molecule has 4 N–H and O–H groups in total. The monoisotopic (exact) mass is 592 g/mol. The minimum atomic E-state index is -1.16. The van der Waals surface area contributed by atoms with E-state index < -0.39 is 42.4 Å². The predicted octanol–water partition coefficient (Wildman–Crippen LogP) is 3.82. The molecule has 0 aliphatic rings. The number of aryl methyl sites for hydroxylation is 1. The maximum Gasteiger partial charge on any atom is 0.412 e. The number of esters is 1. The highest BCUT2D eigenvalue weighted by molar-refractivity contribution is 6.31. The second-order valence-corrected chi connectivity index (χ2v) is 9.63. The van der Waals surface area contributed by atoms with Gasteiger partial charge in [-0.2, -0.15) is 0 Å². The molecule has 13 heteroatoms. The predicted molar refractivity (Wildman–Crippen MR) is 148 cm³/mol. The van der Waals surface area contributed by atoms with Gasteiger partial charge in [-0.15, -0.1) is 0 Å². The third kappa shape index (κ3) is 9.34. The van der Waals surface area contributed by atoms with Crippen LogP contribution in [0.1, 0.15) is 24.8 Å². The van der Waals surface area contributed by atoms with Crippen LogP contribution in [0.2, 0.25) is 5.02 Å². The summed E-state index contributed by atoms with van der Waals surface area (Å²) in [5.41, 5.74) is 5.91. The first kappa shape index (κ1) is 31.7. The normalized spacial score (nSPS) is 12.4. The second kappa shape index (κ2) is 15.2. The van der Waals surface area contributed by atoms with Crippen LogP contribution in [0.25, 0.3) is 10.8 Å². The van der Waals surface area contributed by atoms with Crippen LogP contribution in [0.15, 0.2) is 48.7 Å². The van der Waals surface area contributed by atoms with E-state index in [9.17, 15) is 23.2 Å². The largest absolute Gasteiger partial charge is 0.464 e. The number of carbonyl (C=O) groups excluding carboxylic acids is 3. The number of rotatable bonds is 13. The van der Waals surface area contributed by atoms with Crippen molar-refractivity contribution >= 4 is 46.2 Å². The maximum atomic E-state index is 13.8. The van der Waals surface area contributed by atoms with Crippen molar-refractivity contribution in [3.05, 3.63) is 70.9 Å². The van der Waals surface area contributed by atoms with Gasteiger partial charge in [0.25, 0.3) is 0 Å². The number of ether oxygens (including phenoxy) is 2. The number of nitrogens with one attached hydrogen (secondary N) is 1. The Bertz CT molecular complexity index is 1380. The van der Waals surface area contributed by atoms with Crippen LogP contribution in [0.4, 0.5) is 19.4 Å². The highest BCUT2D eigenvalue weighted by Crippen LogP contribution is 2.22. The maximum absolute atomic E-state index is 13.8. The van der Waals surface area contributed by atoms with Crippen molar-refractivity contribution in [2.75, 3.05) is 32.2 Å². The van der Waals surface area contributed by atoms with Crippen LogP contribution in [-0.2, 0) is 25.5 Å². The van der Waals surface area contributed by atoms with Gasteiger partial charge >= 0.3 is 12.1 Å². The summed E-state index contributed by atoms with van der Waals surface area (Å²) < 4.78 is 37.7. The molecule has 41 heavy (non-hydrogen) atoms. The van der Waals surface area contributed by atoms with Crippen molar-refractivity contribution < 1.29 is 37.7 Å². The van der Waals surface area contributed by atoms with E-state index in [2.05, 4.69) is 10.3 Å². The number of amides is 2. The van der Waals surface area contributed by atoms with Gasteiger partial charge in [-0.1, -0.05) is 23.7 Å². The van der Waals surface area contributed by atoms with E-state index in [1.807, 2.05) is 0 Å². The molecule has 2 aromatic carbocycles. The molecule has 0 saturated heterocycles. The standard InChI is InChI=1S/C28H31ClF2N4O6/c1-35(25(37)10-8-17-4-2-6-22(31)26(17)29)21(5-3-11-40-27(38)23(32)15-36)16-41-28(39)34-24-13-19-12-20(30)9-7-18(19)14-33-24/h2,4,6-7,9,12-14,21,23,36H,3,5,8,10-11,15-16,32H2,1H3,(H,33,34,39)/t21-,23-/m0/s1. The van der Waals surface area contributed by atoms with Crippen LogP contribution >= 0.6 is 11.6 Å². The average Bonchev–Trinajstić information content (AvgIpc) is 2.96. The molecule has 2 atom stereocenters. The van der Waals surface area contributed by atoms with Crippen LogP contribution in [0.5, 0.6) is 0 Å². The van der Waals surface area contributed by atoms with Crippen molar-refractivity contribution in [1.29, 1.82) is 0 Å². The fourth-order valence-electron chi connectivity index (χ4n) is 3.92. The number of hydrogen-bond acceptors (Lipinski definition) is 8. The minimum Gasteiger partial charge on any atom is -0.464 e. The topological polar surface area (TPSA) is 144 Å². The number of likely N-dealkylation sites (N-methyl/N-ethyl adjacent to an activating group) is 1. The zero-order chi connectivity index (χ0) is 29.9. The highest BCUT2D eigenvalue weighted by Gasteiger charge is 2.23. The van der Waals surface area contributed by atoms with Crippen LogP contribution in [-0.4, -0.2) is 71.9 Å². The van der Waals surface area contributed by atoms with Gasteiger partial charge in [-0.3, -0.25) is 14.9 Å². The molecule has 0 aliphatic carbocycles. The Morgan fingerprint density at radius 1 is 1.15 bits per heavy atom. The Morgan fingerprint density at radius 2 is 1.93 bits per heavy atom. The molecule has 0 aliphatic heterocycles. The number of fused-ring (bicyclic) bond motifs is 1. The first-order valence-electron chi connectivity index (χ1n) is 12.8. The molecule has 0 spiro atoms. The first-order valence-corrected chi connectivity index (χ1v) is 13.2. The molecule has 1 heterocycles. The van der Waals surface area contributed by atoms with E-state index in [0.717, 1.165) is 0 Å². The summed E-state index contributed by atoms with van der Waals surface area (Å²) in [5.74, 6) is -1.94. The van der Waals surface area contributed by atoms with Crippen molar-refractivity contribution in [3.8, 4) is 0 Å². The number of pyridine rings is 1. The molecule has 3 aromatic rings. The number of carbonyl (C=O) groups is 3.